The molecule has 0 saturated carbocycles. The third-order valence-electron chi connectivity index (χ3n) is 4.07. The lowest BCUT2D eigenvalue weighted by molar-refractivity contribution is 0.0595. The zero-order chi connectivity index (χ0) is 17.8. The lowest BCUT2D eigenvalue weighted by Crippen LogP contribution is -2.41. The Balaban J connectivity index is 1.58. The van der Waals surface area contributed by atoms with Gasteiger partial charge in [-0.15, -0.1) is 0 Å². The largest absolute Gasteiger partial charge is 0.490 e. The molecule has 1 fully saturated rings. The third kappa shape index (κ3) is 4.12. The number of carboxylic acid groups (broad SMARTS) is 1. The standard InChI is InChI=1S/C18H17FN2O4/c19-13-1-3-14(4-2-13)25-15-6-9-21(10-7-15)17(22)12-5-8-20-16(11-12)18(23)24/h1-5,8,11,15H,6-7,9-10H2,(H,23,24). The first-order valence-corrected chi connectivity index (χ1v) is 7.94. The van der Waals surface area contributed by atoms with E-state index in [1.54, 1.807) is 17.0 Å². The molecule has 1 aliphatic heterocycles. The molecule has 0 unspecified atom stereocenters. The van der Waals surface area contributed by atoms with Gasteiger partial charge >= 0.3 is 5.97 Å². The average Bonchev–Trinajstić information content (AvgIpc) is 2.64. The Labute approximate surface area is 143 Å². The van der Waals surface area contributed by atoms with Crippen molar-refractivity contribution >= 4 is 11.9 Å². The number of likely N-dealkylation sites (tertiary alicyclic amines) is 1. The summed E-state index contributed by atoms with van der Waals surface area (Å²) in [6, 6.07) is 8.64. The van der Waals surface area contributed by atoms with E-state index in [1.165, 1.54) is 30.5 Å². The number of aromatic carboxylic acids is 1. The number of pyridine rings is 1. The molecule has 6 nitrogen and oxygen atoms in total. The Hall–Kier alpha value is -2.96. The first-order valence-electron chi connectivity index (χ1n) is 7.94. The minimum atomic E-state index is -1.17. The van der Waals surface area contributed by atoms with Gasteiger partial charge in [0.2, 0.25) is 0 Å². The summed E-state index contributed by atoms with van der Waals surface area (Å²) in [7, 11) is 0. The van der Waals surface area contributed by atoms with E-state index in [0.29, 0.717) is 37.2 Å². The number of amides is 1. The zero-order valence-electron chi connectivity index (χ0n) is 13.4. The smallest absolute Gasteiger partial charge is 0.354 e. The van der Waals surface area contributed by atoms with Crippen molar-refractivity contribution < 1.29 is 23.8 Å². The van der Waals surface area contributed by atoms with Crippen molar-refractivity contribution in [2.75, 3.05) is 13.1 Å². The molecule has 0 aliphatic carbocycles. The van der Waals surface area contributed by atoms with Crippen molar-refractivity contribution in [1.29, 1.82) is 0 Å². The van der Waals surface area contributed by atoms with Gasteiger partial charge in [-0.1, -0.05) is 0 Å². The van der Waals surface area contributed by atoms with E-state index in [1.807, 2.05) is 0 Å². The summed E-state index contributed by atoms with van der Waals surface area (Å²) in [5.41, 5.74) is 0.158. The van der Waals surface area contributed by atoms with Gasteiger partial charge in [0.25, 0.3) is 5.91 Å². The first-order chi connectivity index (χ1) is 12.0. The topological polar surface area (TPSA) is 79.7 Å². The molecule has 7 heteroatoms. The van der Waals surface area contributed by atoms with Crippen molar-refractivity contribution in [1.82, 2.24) is 9.88 Å². The van der Waals surface area contributed by atoms with Gasteiger partial charge < -0.3 is 14.7 Å². The van der Waals surface area contributed by atoms with E-state index in [9.17, 15) is 14.0 Å². The number of nitrogens with zero attached hydrogens (tertiary/aromatic N) is 2. The third-order valence-corrected chi connectivity index (χ3v) is 4.07. The summed E-state index contributed by atoms with van der Waals surface area (Å²) in [4.78, 5) is 28.8. The molecular weight excluding hydrogens is 327 g/mol. The van der Waals surface area contributed by atoms with Crippen molar-refractivity contribution in [3.8, 4) is 5.75 Å². The normalized spacial score (nSPS) is 15.0. The minimum Gasteiger partial charge on any atom is -0.490 e. The monoisotopic (exact) mass is 344 g/mol. The number of hydrogen-bond acceptors (Lipinski definition) is 4. The van der Waals surface area contributed by atoms with E-state index in [-0.39, 0.29) is 23.5 Å². The number of carboxylic acids is 1. The van der Waals surface area contributed by atoms with Crippen LogP contribution in [0.3, 0.4) is 0 Å². The molecule has 0 bridgehead atoms. The molecule has 130 valence electrons. The molecule has 3 rings (SSSR count). The molecule has 0 spiro atoms. The maximum Gasteiger partial charge on any atom is 0.354 e. The number of benzene rings is 1. The van der Waals surface area contributed by atoms with Crippen molar-refractivity contribution in [2.45, 2.75) is 18.9 Å². The number of piperidine rings is 1. The van der Waals surface area contributed by atoms with Gasteiger partial charge in [-0.3, -0.25) is 4.79 Å². The Morgan fingerprint density at radius 2 is 1.84 bits per heavy atom. The Morgan fingerprint density at radius 1 is 1.16 bits per heavy atom. The van der Waals surface area contributed by atoms with Crippen LogP contribution in [0.15, 0.2) is 42.6 Å². The van der Waals surface area contributed by atoms with Crippen LogP contribution in [0.2, 0.25) is 0 Å². The van der Waals surface area contributed by atoms with Gasteiger partial charge in [-0.2, -0.15) is 0 Å². The van der Waals surface area contributed by atoms with Gasteiger partial charge in [-0.05, 0) is 36.4 Å². The minimum absolute atomic E-state index is 0.0402. The van der Waals surface area contributed by atoms with Crippen LogP contribution in [0.5, 0.6) is 5.75 Å². The number of ether oxygens (including phenoxy) is 1. The Morgan fingerprint density at radius 3 is 2.48 bits per heavy atom. The molecule has 0 radical (unpaired) electrons. The molecule has 1 aromatic heterocycles. The fraction of sp³-hybridized carbons (Fsp3) is 0.278. The number of carbonyl (C=O) groups excluding carboxylic acids is 1. The highest BCUT2D eigenvalue weighted by Crippen LogP contribution is 2.20. The van der Waals surface area contributed by atoms with Crippen LogP contribution in [-0.2, 0) is 0 Å². The molecule has 25 heavy (non-hydrogen) atoms. The highest BCUT2D eigenvalue weighted by Gasteiger charge is 2.25. The predicted molar refractivity (Wildman–Crippen MR) is 87.1 cm³/mol. The fourth-order valence-electron chi connectivity index (χ4n) is 2.75. The number of aromatic nitrogens is 1. The van der Waals surface area contributed by atoms with E-state index in [2.05, 4.69) is 4.98 Å². The summed E-state index contributed by atoms with van der Waals surface area (Å²) in [5, 5.41) is 8.97. The van der Waals surface area contributed by atoms with E-state index in [4.69, 9.17) is 9.84 Å². The molecule has 0 atom stereocenters. The van der Waals surface area contributed by atoms with Crippen molar-refractivity contribution in [2.24, 2.45) is 0 Å². The number of rotatable bonds is 4. The molecule has 1 saturated heterocycles. The summed E-state index contributed by atoms with van der Waals surface area (Å²) in [6.45, 7) is 1.02. The van der Waals surface area contributed by atoms with Crippen molar-refractivity contribution in [3.05, 3.63) is 59.7 Å². The second-order valence-corrected chi connectivity index (χ2v) is 5.80. The molecule has 2 aromatic rings. The van der Waals surface area contributed by atoms with Crippen LogP contribution in [0.1, 0.15) is 33.7 Å². The number of hydrogen-bond donors (Lipinski definition) is 1. The summed E-state index contributed by atoms with van der Waals surface area (Å²) in [6.07, 6.45) is 2.59. The second-order valence-electron chi connectivity index (χ2n) is 5.80. The van der Waals surface area contributed by atoms with Crippen molar-refractivity contribution in [3.63, 3.8) is 0 Å². The first kappa shape index (κ1) is 16.9. The number of carbonyl (C=O) groups is 2. The maximum atomic E-state index is 12.9. The van der Waals surface area contributed by atoms with Gasteiger partial charge in [0.1, 0.15) is 23.4 Å². The maximum absolute atomic E-state index is 12.9. The Bertz CT molecular complexity index is 771. The highest BCUT2D eigenvalue weighted by molar-refractivity contribution is 5.96. The van der Waals surface area contributed by atoms with Crippen LogP contribution in [-0.4, -0.2) is 46.1 Å². The summed E-state index contributed by atoms with van der Waals surface area (Å²) < 4.78 is 18.7. The Kier molecular flexibility index (Phi) is 4.92. The second kappa shape index (κ2) is 7.29. The molecular formula is C18H17FN2O4. The van der Waals surface area contributed by atoms with Crippen LogP contribution in [0.4, 0.5) is 4.39 Å². The van der Waals surface area contributed by atoms with Crippen LogP contribution in [0.25, 0.3) is 0 Å². The fourth-order valence-corrected chi connectivity index (χ4v) is 2.75. The zero-order valence-corrected chi connectivity index (χ0v) is 13.4. The van der Waals surface area contributed by atoms with Crippen LogP contribution >= 0.6 is 0 Å². The van der Waals surface area contributed by atoms with Gasteiger partial charge in [0.15, 0.2) is 0 Å². The molecule has 1 N–H and O–H groups in total. The van der Waals surface area contributed by atoms with Crippen LogP contribution in [0, 0.1) is 5.82 Å². The van der Waals surface area contributed by atoms with Gasteiger partial charge in [0, 0.05) is 37.7 Å². The quantitative estimate of drug-likeness (QED) is 0.922. The summed E-state index contributed by atoms with van der Waals surface area (Å²) in [5.74, 6) is -1.09. The van der Waals surface area contributed by atoms with E-state index >= 15 is 0 Å². The van der Waals surface area contributed by atoms with Gasteiger partial charge in [0.05, 0.1) is 0 Å². The molecule has 1 aliphatic rings. The van der Waals surface area contributed by atoms with E-state index in [0.717, 1.165) is 0 Å². The number of halogens is 1. The van der Waals surface area contributed by atoms with Crippen LogP contribution < -0.4 is 4.74 Å². The predicted octanol–water partition coefficient (Wildman–Crippen LogP) is 2.60. The highest BCUT2D eigenvalue weighted by atomic mass is 19.1. The SMILES string of the molecule is O=C(O)c1cc(C(=O)N2CCC(Oc3ccc(F)cc3)CC2)ccn1. The molecule has 1 aromatic carbocycles. The summed E-state index contributed by atoms with van der Waals surface area (Å²) >= 11 is 0. The molecule has 2 heterocycles. The lowest BCUT2D eigenvalue weighted by Gasteiger charge is -2.32. The average molecular weight is 344 g/mol. The van der Waals surface area contributed by atoms with E-state index < -0.39 is 5.97 Å². The molecule has 1 amide bonds. The van der Waals surface area contributed by atoms with Gasteiger partial charge in [-0.25, -0.2) is 14.2 Å². The lowest BCUT2D eigenvalue weighted by atomic mass is 10.1.